The van der Waals surface area contributed by atoms with Gasteiger partial charge in [0.1, 0.15) is 18.2 Å². The van der Waals surface area contributed by atoms with Gasteiger partial charge in [0.05, 0.1) is 0 Å². The van der Waals surface area contributed by atoms with Gasteiger partial charge < -0.3 is 35.4 Å². The van der Waals surface area contributed by atoms with Crippen molar-refractivity contribution in [1.82, 2.24) is 10.6 Å². The van der Waals surface area contributed by atoms with Crippen molar-refractivity contribution < 1.29 is 34.4 Å². The Morgan fingerprint density at radius 1 is 1.14 bits per heavy atom. The highest BCUT2D eigenvalue weighted by Gasteiger charge is 2.44. The van der Waals surface area contributed by atoms with Gasteiger partial charge in [0.25, 0.3) is 0 Å². The van der Waals surface area contributed by atoms with Crippen LogP contribution in [0.25, 0.3) is 0 Å². The molecule has 2 amide bonds. The van der Waals surface area contributed by atoms with E-state index < -0.39 is 36.7 Å². The fourth-order valence-electron chi connectivity index (χ4n) is 3.15. The molecule has 1 rings (SSSR count). The lowest BCUT2D eigenvalue weighted by Crippen LogP contribution is -2.63. The van der Waals surface area contributed by atoms with Crippen LogP contribution in [-0.2, 0) is 19.1 Å². The molecule has 0 saturated carbocycles. The summed E-state index contributed by atoms with van der Waals surface area (Å²) in [5, 5.41) is 34.7. The van der Waals surface area contributed by atoms with Crippen molar-refractivity contribution in [2.45, 2.75) is 90.6 Å². The molecule has 0 aromatic heterocycles. The Labute approximate surface area is 166 Å². The van der Waals surface area contributed by atoms with Gasteiger partial charge in [-0.1, -0.05) is 27.2 Å². The minimum absolute atomic E-state index is 0.0109. The molecule has 1 aliphatic heterocycles. The molecule has 0 spiro atoms. The van der Waals surface area contributed by atoms with Crippen molar-refractivity contribution in [1.29, 1.82) is 0 Å². The van der Waals surface area contributed by atoms with Crippen molar-refractivity contribution in [3.8, 4) is 0 Å². The molecule has 1 saturated heterocycles. The van der Waals surface area contributed by atoms with Crippen molar-refractivity contribution in [3.63, 3.8) is 0 Å². The van der Waals surface area contributed by atoms with Gasteiger partial charge in [-0.2, -0.15) is 0 Å². The number of hydrogen-bond acceptors (Lipinski definition) is 7. The summed E-state index contributed by atoms with van der Waals surface area (Å²) >= 11 is 0. The molecule has 3 unspecified atom stereocenters. The van der Waals surface area contributed by atoms with Crippen molar-refractivity contribution >= 4 is 11.8 Å². The molecule has 0 aromatic carbocycles. The highest BCUT2D eigenvalue weighted by Crippen LogP contribution is 2.22. The number of carbonyl (C=O) groups is 2. The van der Waals surface area contributed by atoms with E-state index in [2.05, 4.69) is 31.4 Å². The number of unbranched alkanes of at least 4 members (excludes halogenated alkanes) is 1. The second-order valence-corrected chi connectivity index (χ2v) is 8.12. The molecule has 164 valence electrons. The van der Waals surface area contributed by atoms with Crippen LogP contribution in [0.15, 0.2) is 0 Å². The molecule has 1 aliphatic rings. The van der Waals surface area contributed by atoms with E-state index in [4.69, 9.17) is 9.47 Å². The first-order valence-electron chi connectivity index (χ1n) is 9.92. The van der Waals surface area contributed by atoms with Crippen LogP contribution in [0, 0.1) is 5.41 Å². The summed E-state index contributed by atoms with van der Waals surface area (Å²) in [4.78, 5) is 23.2. The van der Waals surface area contributed by atoms with E-state index in [0.29, 0.717) is 25.8 Å². The third-order valence-electron chi connectivity index (χ3n) is 4.72. The molecule has 5 N–H and O–H groups in total. The first kappa shape index (κ1) is 24.8. The molecular formula is C19H36N2O7. The molecule has 0 aliphatic carbocycles. The number of aliphatic hydroxyl groups excluding tert-OH is 3. The molecule has 5 atom stereocenters. The topological polar surface area (TPSA) is 137 Å². The maximum Gasteiger partial charge on any atom is 0.220 e. The maximum absolute atomic E-state index is 11.9. The zero-order chi connectivity index (χ0) is 21.3. The molecule has 0 radical (unpaired) electrons. The minimum Gasteiger partial charge on any atom is -0.388 e. The molecule has 28 heavy (non-hydrogen) atoms. The van der Waals surface area contributed by atoms with Crippen LogP contribution in [0.2, 0.25) is 0 Å². The predicted molar refractivity (Wildman–Crippen MR) is 102 cm³/mol. The van der Waals surface area contributed by atoms with E-state index in [1.165, 1.54) is 6.92 Å². The average Bonchev–Trinajstić information content (AvgIpc) is 2.60. The lowest BCUT2D eigenvalue weighted by molar-refractivity contribution is -0.315. The van der Waals surface area contributed by atoms with E-state index in [9.17, 15) is 24.9 Å². The summed E-state index contributed by atoms with van der Waals surface area (Å²) in [6.45, 7) is 8.49. The van der Waals surface area contributed by atoms with Crippen LogP contribution in [0.1, 0.15) is 59.8 Å². The molecule has 1 heterocycles. The Bertz CT molecular complexity index is 501. The lowest BCUT2D eigenvalue weighted by atomic mass is 9.88. The number of carbonyl (C=O) groups excluding carboxylic acids is 2. The lowest BCUT2D eigenvalue weighted by Gasteiger charge is -2.40. The second-order valence-electron chi connectivity index (χ2n) is 8.12. The van der Waals surface area contributed by atoms with Gasteiger partial charge in [-0.05, 0) is 24.7 Å². The van der Waals surface area contributed by atoms with Crippen molar-refractivity contribution in [2.75, 3.05) is 13.2 Å². The number of nitrogens with one attached hydrogen (secondary N) is 2. The minimum atomic E-state index is -1.61. The van der Waals surface area contributed by atoms with Crippen LogP contribution in [0.4, 0.5) is 0 Å². The Morgan fingerprint density at radius 2 is 1.82 bits per heavy atom. The average molecular weight is 405 g/mol. The van der Waals surface area contributed by atoms with Gasteiger partial charge in [0, 0.05) is 26.5 Å². The fraction of sp³-hybridized carbons (Fsp3) is 0.895. The highest BCUT2D eigenvalue weighted by atomic mass is 16.7. The summed E-state index contributed by atoms with van der Waals surface area (Å²) in [6.07, 6.45) is -2.02. The van der Waals surface area contributed by atoms with Gasteiger partial charge >= 0.3 is 0 Å². The Morgan fingerprint density at radius 3 is 2.43 bits per heavy atom. The maximum atomic E-state index is 11.9. The number of rotatable bonds is 11. The van der Waals surface area contributed by atoms with Gasteiger partial charge in [0.2, 0.25) is 11.8 Å². The monoisotopic (exact) mass is 404 g/mol. The van der Waals surface area contributed by atoms with E-state index in [-0.39, 0.29) is 17.9 Å². The number of aliphatic hydroxyl groups is 3. The molecule has 0 bridgehead atoms. The quantitative estimate of drug-likeness (QED) is 0.306. The van der Waals surface area contributed by atoms with Crippen LogP contribution >= 0.6 is 0 Å². The normalized spacial score (nSPS) is 28.0. The molecular weight excluding hydrogens is 368 g/mol. The smallest absolute Gasteiger partial charge is 0.220 e. The first-order valence-corrected chi connectivity index (χ1v) is 9.92. The summed E-state index contributed by atoms with van der Waals surface area (Å²) in [7, 11) is 0. The highest BCUT2D eigenvalue weighted by molar-refractivity contribution is 5.75. The Balaban J connectivity index is 2.33. The van der Waals surface area contributed by atoms with E-state index >= 15 is 0 Å². The Hall–Kier alpha value is -1.26. The van der Waals surface area contributed by atoms with Crippen LogP contribution in [0.5, 0.6) is 0 Å². The fourth-order valence-corrected chi connectivity index (χ4v) is 3.15. The SMILES string of the molecule is CCCC(C)(C)CNC(=O)CCCCOC1OC(O)[C@H](O)[C@H](O)C1NC(C)=O. The van der Waals surface area contributed by atoms with E-state index in [1.54, 1.807) is 0 Å². The summed E-state index contributed by atoms with van der Waals surface area (Å²) in [5.41, 5.74) is 0.0802. The van der Waals surface area contributed by atoms with Gasteiger partial charge in [-0.3, -0.25) is 9.59 Å². The number of amides is 2. The molecule has 1 fully saturated rings. The van der Waals surface area contributed by atoms with Gasteiger partial charge in [0.15, 0.2) is 12.6 Å². The summed E-state index contributed by atoms with van der Waals surface area (Å²) in [5.74, 6) is -0.435. The molecule has 9 nitrogen and oxygen atoms in total. The third kappa shape index (κ3) is 8.40. The predicted octanol–water partition coefficient (Wildman–Crippen LogP) is 0.0170. The van der Waals surface area contributed by atoms with Crippen molar-refractivity contribution in [2.24, 2.45) is 5.41 Å². The van der Waals surface area contributed by atoms with Gasteiger partial charge in [-0.15, -0.1) is 0 Å². The summed E-state index contributed by atoms with van der Waals surface area (Å²) in [6, 6.07) is -1.00. The zero-order valence-corrected chi connectivity index (χ0v) is 17.3. The van der Waals surface area contributed by atoms with E-state index in [1.807, 2.05) is 0 Å². The van der Waals surface area contributed by atoms with E-state index in [0.717, 1.165) is 12.8 Å². The third-order valence-corrected chi connectivity index (χ3v) is 4.72. The van der Waals surface area contributed by atoms with Crippen LogP contribution in [-0.4, -0.2) is 71.1 Å². The molecule has 0 aromatic rings. The summed E-state index contributed by atoms with van der Waals surface area (Å²) < 4.78 is 10.7. The standard InChI is InChI=1S/C19H36N2O7/c1-5-9-19(3,4)11-20-13(23)8-6-7-10-27-18-14(21-12(2)22)15(24)16(25)17(26)28-18/h14-18,24-26H,5-11H2,1-4H3,(H,20,23)(H,21,22)/t14?,15-,16-,17?,18?/m1/s1. The Kier molecular flexibility index (Phi) is 10.3. The number of ether oxygens (including phenoxy) is 2. The zero-order valence-electron chi connectivity index (χ0n) is 17.3. The van der Waals surface area contributed by atoms with Gasteiger partial charge in [-0.25, -0.2) is 0 Å². The largest absolute Gasteiger partial charge is 0.388 e. The molecule has 9 heteroatoms. The first-order chi connectivity index (χ1) is 13.1. The number of hydrogen-bond donors (Lipinski definition) is 5. The second kappa shape index (κ2) is 11.7. The van der Waals surface area contributed by atoms with Crippen LogP contribution in [0.3, 0.4) is 0 Å². The van der Waals surface area contributed by atoms with Crippen LogP contribution < -0.4 is 10.6 Å². The van der Waals surface area contributed by atoms with Crippen molar-refractivity contribution in [3.05, 3.63) is 0 Å².